The number of carbonyl (C=O) groups excluding carboxylic acids is 3. The molecule has 0 aliphatic carbocycles. The number of hydrogen-bond donors (Lipinski definition) is 0. The maximum Gasteiger partial charge on any atom is 0.257 e. The monoisotopic (exact) mass is 252 g/mol. The van der Waals surface area contributed by atoms with Crippen LogP contribution in [0.25, 0.3) is 0 Å². The van der Waals surface area contributed by atoms with E-state index in [1.165, 1.54) is 6.08 Å². The lowest BCUT2D eigenvalue weighted by Crippen LogP contribution is -2.52. The van der Waals surface area contributed by atoms with Crippen molar-refractivity contribution in [3.8, 4) is 0 Å². The molecule has 0 spiro atoms. The van der Waals surface area contributed by atoms with Gasteiger partial charge in [-0.15, -0.1) is 0 Å². The van der Waals surface area contributed by atoms with Crippen molar-refractivity contribution in [2.75, 3.05) is 26.3 Å². The molecule has 0 aromatic rings. The van der Waals surface area contributed by atoms with Crippen molar-refractivity contribution in [3.63, 3.8) is 0 Å². The molecular formula is C12H16N2O4. The molecule has 3 amide bonds. The van der Waals surface area contributed by atoms with E-state index in [4.69, 9.17) is 4.74 Å². The first-order valence-electron chi connectivity index (χ1n) is 5.94. The Morgan fingerprint density at radius 3 is 2.44 bits per heavy atom. The number of ether oxygens (including phenoxy) is 1. The van der Waals surface area contributed by atoms with Crippen LogP contribution in [0.2, 0.25) is 0 Å². The minimum absolute atomic E-state index is 0.205. The van der Waals surface area contributed by atoms with Gasteiger partial charge in [0.1, 0.15) is 6.04 Å². The quantitative estimate of drug-likeness (QED) is 0.624. The highest BCUT2D eigenvalue weighted by molar-refractivity contribution is 6.17. The summed E-state index contributed by atoms with van der Waals surface area (Å²) in [6, 6.07) is -0.753. The lowest BCUT2D eigenvalue weighted by atomic mass is 10.2. The molecule has 0 aromatic carbocycles. The second kappa shape index (κ2) is 4.89. The van der Waals surface area contributed by atoms with Crippen molar-refractivity contribution >= 4 is 17.7 Å². The molecular weight excluding hydrogens is 236 g/mol. The predicted molar refractivity (Wildman–Crippen MR) is 62.5 cm³/mol. The lowest BCUT2D eigenvalue weighted by Gasteiger charge is -2.31. The molecule has 2 aliphatic heterocycles. The molecule has 2 aliphatic rings. The van der Waals surface area contributed by atoms with E-state index in [0.29, 0.717) is 31.9 Å². The Kier molecular flexibility index (Phi) is 3.47. The Morgan fingerprint density at radius 1 is 1.33 bits per heavy atom. The smallest absolute Gasteiger partial charge is 0.257 e. The van der Waals surface area contributed by atoms with Crippen molar-refractivity contribution in [1.29, 1.82) is 0 Å². The Labute approximate surface area is 105 Å². The minimum Gasteiger partial charge on any atom is -0.378 e. The highest BCUT2D eigenvalue weighted by Gasteiger charge is 2.37. The van der Waals surface area contributed by atoms with E-state index in [-0.39, 0.29) is 11.8 Å². The van der Waals surface area contributed by atoms with Crippen molar-refractivity contribution in [2.45, 2.75) is 19.9 Å². The molecule has 0 bridgehead atoms. The third kappa shape index (κ3) is 2.15. The third-order valence-corrected chi connectivity index (χ3v) is 3.20. The molecule has 2 rings (SSSR count). The van der Waals surface area contributed by atoms with Crippen LogP contribution >= 0.6 is 0 Å². The van der Waals surface area contributed by atoms with Gasteiger partial charge in [-0.2, -0.15) is 0 Å². The minimum atomic E-state index is -0.753. The number of rotatable bonds is 2. The number of hydrogen-bond acceptors (Lipinski definition) is 4. The van der Waals surface area contributed by atoms with E-state index < -0.39 is 11.9 Å². The molecule has 2 heterocycles. The fraction of sp³-hybridized carbons (Fsp3) is 0.583. The molecule has 0 radical (unpaired) electrons. The number of carbonyl (C=O) groups is 3. The van der Waals surface area contributed by atoms with Gasteiger partial charge in [0.2, 0.25) is 5.91 Å². The third-order valence-electron chi connectivity index (χ3n) is 3.20. The average molecular weight is 252 g/mol. The van der Waals surface area contributed by atoms with Crippen LogP contribution in [0.15, 0.2) is 11.6 Å². The van der Waals surface area contributed by atoms with Gasteiger partial charge in [0.15, 0.2) is 0 Å². The van der Waals surface area contributed by atoms with Crippen LogP contribution in [0, 0.1) is 0 Å². The topological polar surface area (TPSA) is 66.9 Å². The summed E-state index contributed by atoms with van der Waals surface area (Å²) in [5, 5.41) is 0. The molecule has 6 nitrogen and oxygen atoms in total. The number of imide groups is 1. The van der Waals surface area contributed by atoms with Crippen LogP contribution in [0.5, 0.6) is 0 Å². The van der Waals surface area contributed by atoms with Crippen molar-refractivity contribution in [2.24, 2.45) is 0 Å². The number of amides is 3. The predicted octanol–water partition coefficient (Wildman–Crippen LogP) is -0.451. The molecule has 0 N–H and O–H groups in total. The molecule has 98 valence electrons. The van der Waals surface area contributed by atoms with E-state index in [9.17, 15) is 14.4 Å². The summed E-state index contributed by atoms with van der Waals surface area (Å²) in [4.78, 5) is 38.3. The largest absolute Gasteiger partial charge is 0.378 e. The standard InChI is InChI=1S/C12H16N2O4/c1-8-7-10(15)14(11(8)16)9(2)12(17)13-3-5-18-6-4-13/h7,9H,3-6H2,1-2H3. The highest BCUT2D eigenvalue weighted by Crippen LogP contribution is 2.17. The van der Waals surface area contributed by atoms with Crippen LogP contribution in [0.3, 0.4) is 0 Å². The van der Waals surface area contributed by atoms with E-state index in [2.05, 4.69) is 0 Å². The fourth-order valence-corrected chi connectivity index (χ4v) is 2.13. The average Bonchev–Trinajstić information content (AvgIpc) is 2.63. The molecule has 0 saturated carbocycles. The summed E-state index contributed by atoms with van der Waals surface area (Å²) in [5.41, 5.74) is 0.377. The summed E-state index contributed by atoms with van der Waals surface area (Å²) in [7, 11) is 0. The van der Waals surface area contributed by atoms with Gasteiger partial charge in [0, 0.05) is 24.7 Å². The summed E-state index contributed by atoms with van der Waals surface area (Å²) in [6.45, 7) is 5.17. The molecule has 1 atom stereocenters. The van der Waals surface area contributed by atoms with Crippen LogP contribution in [0.4, 0.5) is 0 Å². The van der Waals surface area contributed by atoms with Crippen molar-refractivity contribution in [1.82, 2.24) is 9.80 Å². The Morgan fingerprint density at radius 2 is 1.94 bits per heavy atom. The van der Waals surface area contributed by atoms with Crippen LogP contribution in [0.1, 0.15) is 13.8 Å². The van der Waals surface area contributed by atoms with Gasteiger partial charge in [-0.25, -0.2) is 0 Å². The van der Waals surface area contributed by atoms with E-state index in [0.717, 1.165) is 4.90 Å². The molecule has 6 heteroatoms. The maximum atomic E-state index is 12.2. The van der Waals surface area contributed by atoms with Gasteiger partial charge in [-0.3, -0.25) is 19.3 Å². The molecule has 1 saturated heterocycles. The zero-order valence-corrected chi connectivity index (χ0v) is 10.5. The van der Waals surface area contributed by atoms with Crippen molar-refractivity contribution < 1.29 is 19.1 Å². The number of nitrogens with zero attached hydrogens (tertiary/aromatic N) is 2. The van der Waals surface area contributed by atoms with Gasteiger partial charge in [0.05, 0.1) is 13.2 Å². The van der Waals surface area contributed by atoms with Gasteiger partial charge >= 0.3 is 0 Å². The first-order chi connectivity index (χ1) is 8.52. The molecule has 1 unspecified atom stereocenters. The highest BCUT2D eigenvalue weighted by atomic mass is 16.5. The first kappa shape index (κ1) is 12.8. The Hall–Kier alpha value is -1.69. The van der Waals surface area contributed by atoms with Gasteiger partial charge in [0.25, 0.3) is 11.8 Å². The van der Waals surface area contributed by atoms with E-state index >= 15 is 0 Å². The summed E-state index contributed by atoms with van der Waals surface area (Å²) >= 11 is 0. The second-order valence-corrected chi connectivity index (χ2v) is 4.45. The maximum absolute atomic E-state index is 12.2. The zero-order valence-electron chi connectivity index (χ0n) is 10.5. The van der Waals surface area contributed by atoms with E-state index in [1.54, 1.807) is 18.7 Å². The van der Waals surface area contributed by atoms with E-state index in [1.807, 2.05) is 0 Å². The van der Waals surface area contributed by atoms with Gasteiger partial charge in [-0.1, -0.05) is 0 Å². The van der Waals surface area contributed by atoms with Crippen LogP contribution < -0.4 is 0 Å². The number of morpholine rings is 1. The summed E-state index contributed by atoms with van der Waals surface area (Å²) in [6.07, 6.45) is 1.27. The van der Waals surface area contributed by atoms with Crippen molar-refractivity contribution in [3.05, 3.63) is 11.6 Å². The lowest BCUT2D eigenvalue weighted by molar-refractivity contribution is -0.151. The van der Waals surface area contributed by atoms with Crippen LogP contribution in [-0.4, -0.2) is 59.9 Å². The second-order valence-electron chi connectivity index (χ2n) is 4.45. The zero-order chi connectivity index (χ0) is 13.3. The van der Waals surface area contributed by atoms with Crippen LogP contribution in [-0.2, 0) is 19.1 Å². The molecule has 0 aromatic heterocycles. The summed E-state index contributed by atoms with van der Waals surface area (Å²) < 4.78 is 5.16. The summed E-state index contributed by atoms with van der Waals surface area (Å²) in [5.74, 6) is -0.996. The molecule has 18 heavy (non-hydrogen) atoms. The SMILES string of the molecule is CC1=CC(=O)N(C(C)C(=O)N2CCOCC2)C1=O. The van der Waals surface area contributed by atoms with Gasteiger partial charge < -0.3 is 9.64 Å². The first-order valence-corrected chi connectivity index (χ1v) is 5.94. The fourth-order valence-electron chi connectivity index (χ4n) is 2.13. The Balaban J connectivity index is 2.07. The normalized spacial score (nSPS) is 22.2. The Bertz CT molecular complexity index is 424. The van der Waals surface area contributed by atoms with Gasteiger partial charge in [-0.05, 0) is 13.8 Å². The molecule has 1 fully saturated rings.